The van der Waals surface area contributed by atoms with E-state index >= 15 is 0 Å². The van der Waals surface area contributed by atoms with Gasteiger partial charge >= 0.3 is 0 Å². The smallest absolute Gasteiger partial charge is 0.271 e. The Bertz CT molecular complexity index is 884. The molecule has 1 heterocycles. The van der Waals surface area contributed by atoms with E-state index in [4.69, 9.17) is 4.74 Å². The Kier molecular flexibility index (Phi) is 3.97. The number of hydrogen-bond acceptors (Lipinski definition) is 4. The van der Waals surface area contributed by atoms with E-state index in [9.17, 15) is 9.90 Å². The monoisotopic (exact) mass is 309 g/mol. The van der Waals surface area contributed by atoms with Crippen LogP contribution in [-0.2, 0) is 0 Å². The quantitative estimate of drug-likeness (QED) is 0.511. The number of phenols is 1. The van der Waals surface area contributed by atoms with E-state index in [2.05, 4.69) is 15.5 Å². The number of nitrogens with zero attached hydrogens (tertiary/aromatic N) is 1. The van der Waals surface area contributed by atoms with E-state index in [0.29, 0.717) is 16.9 Å². The summed E-state index contributed by atoms with van der Waals surface area (Å²) in [5.74, 6) is 0.317. The highest BCUT2D eigenvalue weighted by Gasteiger charge is 2.06. The van der Waals surface area contributed by atoms with Crippen molar-refractivity contribution in [1.82, 2.24) is 10.4 Å². The first-order valence-corrected chi connectivity index (χ1v) is 6.95. The molecule has 0 aliphatic heterocycles. The maximum atomic E-state index is 12.1. The molecule has 1 aromatic heterocycles. The average molecular weight is 309 g/mol. The van der Waals surface area contributed by atoms with E-state index in [1.54, 1.807) is 24.3 Å². The van der Waals surface area contributed by atoms with Crippen molar-refractivity contribution in [1.29, 1.82) is 0 Å². The molecule has 2 aromatic carbocycles. The van der Waals surface area contributed by atoms with Gasteiger partial charge in [0.1, 0.15) is 11.5 Å². The Balaban J connectivity index is 1.73. The lowest BCUT2D eigenvalue weighted by molar-refractivity contribution is 0.0955. The van der Waals surface area contributed by atoms with Crippen LogP contribution in [0.5, 0.6) is 11.5 Å². The molecular weight excluding hydrogens is 294 g/mol. The van der Waals surface area contributed by atoms with Gasteiger partial charge in [-0.25, -0.2) is 5.43 Å². The number of carbonyl (C=O) groups excluding carboxylic acids is 1. The van der Waals surface area contributed by atoms with Gasteiger partial charge in [-0.1, -0.05) is 0 Å². The summed E-state index contributed by atoms with van der Waals surface area (Å²) in [6.45, 7) is 0. The van der Waals surface area contributed by atoms with Crippen LogP contribution in [0, 0.1) is 0 Å². The fraction of sp³-hybridized carbons (Fsp3) is 0.0588. The summed E-state index contributed by atoms with van der Waals surface area (Å²) in [6, 6.07) is 12.0. The molecule has 0 radical (unpaired) electrons. The lowest BCUT2D eigenvalue weighted by atomic mass is 10.1. The normalized spacial score (nSPS) is 11.0. The number of H-pyrrole nitrogens is 1. The molecule has 0 unspecified atom stereocenters. The first kappa shape index (κ1) is 14.6. The number of hydrazone groups is 1. The van der Waals surface area contributed by atoms with Gasteiger partial charge in [0.05, 0.1) is 13.3 Å². The number of methoxy groups -OCH3 is 1. The summed E-state index contributed by atoms with van der Waals surface area (Å²) < 4.78 is 5.08. The van der Waals surface area contributed by atoms with E-state index in [0.717, 1.165) is 10.9 Å². The van der Waals surface area contributed by atoms with E-state index in [1.165, 1.54) is 19.4 Å². The molecular formula is C17H15N3O3. The van der Waals surface area contributed by atoms with Gasteiger partial charge in [0.2, 0.25) is 0 Å². The molecule has 3 N–H and O–H groups in total. The molecule has 0 atom stereocenters. The van der Waals surface area contributed by atoms with Crippen LogP contribution in [0.25, 0.3) is 10.9 Å². The van der Waals surface area contributed by atoms with Crippen molar-refractivity contribution in [2.75, 3.05) is 7.11 Å². The number of benzene rings is 2. The molecule has 3 rings (SSSR count). The maximum Gasteiger partial charge on any atom is 0.271 e. The molecule has 3 aromatic rings. The van der Waals surface area contributed by atoms with Gasteiger partial charge in [0, 0.05) is 28.2 Å². The zero-order valence-corrected chi connectivity index (χ0v) is 12.4. The summed E-state index contributed by atoms with van der Waals surface area (Å²) >= 11 is 0. The van der Waals surface area contributed by atoms with Crippen LogP contribution in [-0.4, -0.2) is 29.3 Å². The molecule has 0 spiro atoms. The fourth-order valence-electron chi connectivity index (χ4n) is 2.18. The molecule has 0 aliphatic rings. The summed E-state index contributed by atoms with van der Waals surface area (Å²) in [6.07, 6.45) is 3.18. The molecule has 0 aliphatic carbocycles. The summed E-state index contributed by atoms with van der Waals surface area (Å²) in [4.78, 5) is 15.2. The van der Waals surface area contributed by atoms with Gasteiger partial charge in [-0.2, -0.15) is 5.10 Å². The second-order valence-corrected chi connectivity index (χ2v) is 4.90. The average Bonchev–Trinajstić information content (AvgIpc) is 3.04. The Morgan fingerprint density at radius 1 is 1.26 bits per heavy atom. The topological polar surface area (TPSA) is 86.7 Å². The third-order valence-electron chi connectivity index (χ3n) is 3.42. The van der Waals surface area contributed by atoms with Crippen LogP contribution in [0.3, 0.4) is 0 Å². The number of aromatic hydroxyl groups is 1. The van der Waals surface area contributed by atoms with E-state index in [1.807, 2.05) is 18.3 Å². The van der Waals surface area contributed by atoms with Crippen LogP contribution < -0.4 is 10.2 Å². The minimum absolute atomic E-state index is 0.0533. The highest BCUT2D eigenvalue weighted by Crippen LogP contribution is 2.21. The van der Waals surface area contributed by atoms with Gasteiger partial charge in [-0.3, -0.25) is 4.79 Å². The standard InChI is InChI=1S/C17H15N3O3/c1-23-14-3-5-16(21)13(9-14)10-19-20-17(22)12-2-4-15-11(8-12)6-7-18-15/h2-10,18,21H,1H3,(H,20,22)/b19-10+. The van der Waals surface area contributed by atoms with Crippen LogP contribution >= 0.6 is 0 Å². The molecule has 116 valence electrons. The van der Waals surface area contributed by atoms with Gasteiger partial charge in [-0.05, 0) is 42.5 Å². The molecule has 1 amide bonds. The van der Waals surface area contributed by atoms with Crippen molar-refractivity contribution in [3.05, 3.63) is 59.8 Å². The number of aromatic amines is 1. The first-order chi connectivity index (χ1) is 11.2. The molecule has 23 heavy (non-hydrogen) atoms. The number of ether oxygens (including phenoxy) is 1. The minimum Gasteiger partial charge on any atom is -0.507 e. The zero-order chi connectivity index (χ0) is 16.2. The second kappa shape index (κ2) is 6.23. The molecule has 0 saturated carbocycles. The van der Waals surface area contributed by atoms with Crippen LogP contribution in [0.4, 0.5) is 0 Å². The number of phenolic OH excluding ortho intramolecular Hbond substituents is 1. The van der Waals surface area contributed by atoms with Crippen molar-refractivity contribution < 1.29 is 14.6 Å². The van der Waals surface area contributed by atoms with Crippen LogP contribution in [0.15, 0.2) is 53.8 Å². The Hall–Kier alpha value is -3.28. The van der Waals surface area contributed by atoms with Crippen LogP contribution in [0.2, 0.25) is 0 Å². The van der Waals surface area contributed by atoms with Crippen molar-refractivity contribution in [3.8, 4) is 11.5 Å². The van der Waals surface area contributed by atoms with Gasteiger partial charge < -0.3 is 14.8 Å². The lowest BCUT2D eigenvalue weighted by Crippen LogP contribution is -2.17. The van der Waals surface area contributed by atoms with Crippen molar-refractivity contribution in [3.63, 3.8) is 0 Å². The number of fused-ring (bicyclic) bond motifs is 1. The Morgan fingerprint density at radius 2 is 2.13 bits per heavy atom. The van der Waals surface area contributed by atoms with Gasteiger partial charge in [0.25, 0.3) is 5.91 Å². The number of hydrogen-bond donors (Lipinski definition) is 3. The largest absolute Gasteiger partial charge is 0.507 e. The fourth-order valence-corrected chi connectivity index (χ4v) is 2.18. The number of nitrogens with one attached hydrogen (secondary N) is 2. The summed E-state index contributed by atoms with van der Waals surface area (Å²) in [7, 11) is 1.53. The maximum absolute atomic E-state index is 12.1. The number of amides is 1. The molecule has 6 heteroatoms. The molecule has 0 bridgehead atoms. The number of rotatable bonds is 4. The second-order valence-electron chi connectivity index (χ2n) is 4.90. The predicted octanol–water partition coefficient (Wildman–Crippen LogP) is 2.65. The Labute approximate surface area is 132 Å². The Morgan fingerprint density at radius 3 is 2.96 bits per heavy atom. The minimum atomic E-state index is -0.327. The van der Waals surface area contributed by atoms with E-state index in [-0.39, 0.29) is 11.7 Å². The molecule has 0 fully saturated rings. The van der Waals surface area contributed by atoms with Crippen LogP contribution in [0.1, 0.15) is 15.9 Å². The van der Waals surface area contributed by atoms with Crippen molar-refractivity contribution >= 4 is 23.0 Å². The van der Waals surface area contributed by atoms with E-state index < -0.39 is 0 Å². The molecule has 6 nitrogen and oxygen atoms in total. The third-order valence-corrected chi connectivity index (χ3v) is 3.42. The van der Waals surface area contributed by atoms with Gasteiger partial charge in [-0.15, -0.1) is 0 Å². The summed E-state index contributed by atoms with van der Waals surface area (Å²) in [5, 5.41) is 14.6. The van der Waals surface area contributed by atoms with Crippen molar-refractivity contribution in [2.24, 2.45) is 5.10 Å². The lowest BCUT2D eigenvalue weighted by Gasteiger charge is -2.03. The highest BCUT2D eigenvalue weighted by molar-refractivity contribution is 5.98. The highest BCUT2D eigenvalue weighted by atomic mass is 16.5. The van der Waals surface area contributed by atoms with Gasteiger partial charge in [0.15, 0.2) is 0 Å². The third kappa shape index (κ3) is 3.16. The SMILES string of the molecule is COc1ccc(O)c(/C=N/NC(=O)c2ccc3[nH]ccc3c2)c1. The summed E-state index contributed by atoms with van der Waals surface area (Å²) in [5.41, 5.74) is 4.36. The predicted molar refractivity (Wildman–Crippen MR) is 88.0 cm³/mol. The number of carbonyl (C=O) groups is 1. The van der Waals surface area contributed by atoms with Crippen molar-refractivity contribution in [2.45, 2.75) is 0 Å². The number of aromatic nitrogens is 1. The molecule has 0 saturated heterocycles. The zero-order valence-electron chi connectivity index (χ0n) is 12.4. The first-order valence-electron chi connectivity index (χ1n) is 6.95.